The Balaban J connectivity index is 2.32. The third kappa shape index (κ3) is 5.88. The van der Waals surface area contributed by atoms with Gasteiger partial charge in [-0.15, -0.1) is 0 Å². The van der Waals surface area contributed by atoms with Crippen molar-refractivity contribution >= 4 is 0 Å². The van der Waals surface area contributed by atoms with Crippen molar-refractivity contribution in [1.82, 2.24) is 0 Å². The standard InChI is InChI=1S/C15H24O5/c1-12-4-5-15(18-3)13(10-12)14(16)11-20-9-8-19-7-6-17-2/h4-5,10,14,16H,6-9,11H2,1-3H3. The molecule has 0 aliphatic carbocycles. The highest BCUT2D eigenvalue weighted by atomic mass is 16.5. The van der Waals surface area contributed by atoms with Gasteiger partial charge >= 0.3 is 0 Å². The molecule has 0 spiro atoms. The number of methoxy groups -OCH3 is 2. The number of hydrogen-bond donors (Lipinski definition) is 1. The summed E-state index contributed by atoms with van der Waals surface area (Å²) < 4.78 is 20.8. The molecule has 0 radical (unpaired) electrons. The maximum Gasteiger partial charge on any atom is 0.124 e. The Kier molecular flexibility index (Phi) is 8.22. The predicted molar refractivity (Wildman–Crippen MR) is 76.2 cm³/mol. The summed E-state index contributed by atoms with van der Waals surface area (Å²) in [5.41, 5.74) is 1.82. The van der Waals surface area contributed by atoms with Crippen molar-refractivity contribution in [2.24, 2.45) is 0 Å². The summed E-state index contributed by atoms with van der Waals surface area (Å²) in [5, 5.41) is 10.1. The summed E-state index contributed by atoms with van der Waals surface area (Å²) in [6.07, 6.45) is -0.705. The van der Waals surface area contributed by atoms with E-state index in [2.05, 4.69) is 0 Å². The molecule has 0 aliphatic rings. The molecule has 0 aliphatic heterocycles. The molecule has 0 aromatic heterocycles. The van der Waals surface area contributed by atoms with E-state index in [0.717, 1.165) is 11.1 Å². The number of rotatable bonds is 10. The Morgan fingerprint density at radius 1 is 1.05 bits per heavy atom. The highest BCUT2D eigenvalue weighted by Crippen LogP contribution is 2.26. The van der Waals surface area contributed by atoms with Crippen LogP contribution < -0.4 is 4.74 Å². The van der Waals surface area contributed by atoms with Gasteiger partial charge in [-0.1, -0.05) is 11.6 Å². The number of benzene rings is 1. The van der Waals surface area contributed by atoms with Crippen LogP contribution in [-0.4, -0.2) is 52.4 Å². The van der Waals surface area contributed by atoms with Crippen molar-refractivity contribution in [3.8, 4) is 5.75 Å². The molecular weight excluding hydrogens is 260 g/mol. The molecule has 0 heterocycles. The molecule has 20 heavy (non-hydrogen) atoms. The van der Waals surface area contributed by atoms with Crippen LogP contribution in [0.25, 0.3) is 0 Å². The zero-order valence-electron chi connectivity index (χ0n) is 12.4. The lowest BCUT2D eigenvalue weighted by Crippen LogP contribution is -2.13. The van der Waals surface area contributed by atoms with Gasteiger partial charge in [0.05, 0.1) is 40.1 Å². The Labute approximate surface area is 120 Å². The van der Waals surface area contributed by atoms with Crippen molar-refractivity contribution in [3.63, 3.8) is 0 Å². The van der Waals surface area contributed by atoms with Crippen molar-refractivity contribution in [1.29, 1.82) is 0 Å². The average Bonchev–Trinajstić information content (AvgIpc) is 2.46. The summed E-state index contributed by atoms with van der Waals surface area (Å²) >= 11 is 0. The summed E-state index contributed by atoms with van der Waals surface area (Å²) in [5.74, 6) is 0.669. The largest absolute Gasteiger partial charge is 0.496 e. The highest BCUT2D eigenvalue weighted by molar-refractivity contribution is 5.38. The van der Waals surface area contributed by atoms with E-state index >= 15 is 0 Å². The molecule has 0 bridgehead atoms. The molecule has 1 aromatic rings. The molecule has 114 valence electrons. The minimum atomic E-state index is -0.705. The summed E-state index contributed by atoms with van der Waals surface area (Å²) in [7, 11) is 3.22. The summed E-state index contributed by atoms with van der Waals surface area (Å²) in [4.78, 5) is 0. The third-order valence-corrected chi connectivity index (χ3v) is 2.82. The Morgan fingerprint density at radius 3 is 2.45 bits per heavy atom. The number of aliphatic hydroxyl groups excluding tert-OH is 1. The van der Waals surface area contributed by atoms with Crippen LogP contribution in [-0.2, 0) is 14.2 Å². The van der Waals surface area contributed by atoms with Crippen LogP contribution >= 0.6 is 0 Å². The number of aryl methyl sites for hydroxylation is 1. The quantitative estimate of drug-likeness (QED) is 0.663. The van der Waals surface area contributed by atoms with Crippen molar-refractivity contribution in [2.45, 2.75) is 13.0 Å². The molecule has 1 atom stereocenters. The summed E-state index contributed by atoms with van der Waals surface area (Å²) in [6.45, 7) is 4.24. The van der Waals surface area contributed by atoms with Gasteiger partial charge < -0.3 is 24.1 Å². The SMILES string of the molecule is COCCOCCOCC(O)c1cc(C)ccc1OC. The fourth-order valence-electron chi connectivity index (χ4n) is 1.76. The van der Waals surface area contributed by atoms with Crippen LogP contribution in [0.2, 0.25) is 0 Å². The molecule has 1 rings (SSSR count). The normalized spacial score (nSPS) is 12.4. The second-order valence-corrected chi connectivity index (χ2v) is 4.44. The van der Waals surface area contributed by atoms with Gasteiger partial charge in [-0.3, -0.25) is 0 Å². The van der Waals surface area contributed by atoms with Crippen molar-refractivity contribution < 1.29 is 24.1 Å². The molecule has 5 heteroatoms. The van der Waals surface area contributed by atoms with Crippen LogP contribution in [0.15, 0.2) is 18.2 Å². The fraction of sp³-hybridized carbons (Fsp3) is 0.600. The van der Waals surface area contributed by atoms with Crippen LogP contribution in [0.4, 0.5) is 0 Å². The van der Waals surface area contributed by atoms with Gasteiger partial charge in [-0.25, -0.2) is 0 Å². The van der Waals surface area contributed by atoms with Crippen molar-refractivity contribution in [3.05, 3.63) is 29.3 Å². The van der Waals surface area contributed by atoms with Crippen LogP contribution in [0.1, 0.15) is 17.2 Å². The van der Waals surface area contributed by atoms with Gasteiger partial charge in [0, 0.05) is 12.7 Å². The number of hydrogen-bond acceptors (Lipinski definition) is 5. The van der Waals surface area contributed by atoms with Gasteiger partial charge in [0.25, 0.3) is 0 Å². The van der Waals surface area contributed by atoms with E-state index < -0.39 is 6.10 Å². The fourth-order valence-corrected chi connectivity index (χ4v) is 1.76. The first-order valence-electron chi connectivity index (χ1n) is 6.66. The molecule has 0 amide bonds. The first-order chi connectivity index (χ1) is 9.69. The lowest BCUT2D eigenvalue weighted by Gasteiger charge is -2.15. The molecule has 1 aromatic carbocycles. The maximum atomic E-state index is 10.1. The molecule has 0 fully saturated rings. The predicted octanol–water partition coefficient (Wildman–Crippen LogP) is 1.72. The van der Waals surface area contributed by atoms with E-state index in [1.54, 1.807) is 14.2 Å². The monoisotopic (exact) mass is 284 g/mol. The Morgan fingerprint density at radius 2 is 1.75 bits per heavy atom. The molecular formula is C15H24O5. The minimum absolute atomic E-state index is 0.216. The van der Waals surface area contributed by atoms with Crippen LogP contribution in [0, 0.1) is 6.92 Å². The molecule has 1 unspecified atom stereocenters. The summed E-state index contributed by atoms with van der Waals surface area (Å²) in [6, 6.07) is 5.70. The number of ether oxygens (including phenoxy) is 4. The molecule has 1 N–H and O–H groups in total. The molecule has 0 saturated heterocycles. The lowest BCUT2D eigenvalue weighted by molar-refractivity contribution is -0.00640. The topological polar surface area (TPSA) is 57.2 Å². The zero-order valence-corrected chi connectivity index (χ0v) is 12.4. The van der Waals surface area contributed by atoms with E-state index in [1.165, 1.54) is 0 Å². The van der Waals surface area contributed by atoms with E-state index in [9.17, 15) is 5.11 Å². The van der Waals surface area contributed by atoms with Gasteiger partial charge in [0.1, 0.15) is 11.9 Å². The molecule has 0 saturated carbocycles. The van der Waals surface area contributed by atoms with Gasteiger partial charge in [-0.2, -0.15) is 0 Å². The average molecular weight is 284 g/mol. The van der Waals surface area contributed by atoms with E-state index in [1.807, 2.05) is 25.1 Å². The first kappa shape index (κ1) is 16.9. The highest BCUT2D eigenvalue weighted by Gasteiger charge is 2.13. The Bertz CT molecular complexity index is 381. The van der Waals surface area contributed by atoms with Crippen molar-refractivity contribution in [2.75, 3.05) is 47.3 Å². The van der Waals surface area contributed by atoms with E-state index in [0.29, 0.717) is 32.2 Å². The molecule has 5 nitrogen and oxygen atoms in total. The second kappa shape index (κ2) is 9.72. The maximum absolute atomic E-state index is 10.1. The third-order valence-electron chi connectivity index (χ3n) is 2.82. The zero-order chi connectivity index (χ0) is 14.8. The Hall–Kier alpha value is -1.14. The minimum Gasteiger partial charge on any atom is -0.496 e. The van der Waals surface area contributed by atoms with Gasteiger partial charge in [-0.05, 0) is 19.1 Å². The van der Waals surface area contributed by atoms with E-state index in [-0.39, 0.29) is 6.61 Å². The van der Waals surface area contributed by atoms with Crippen LogP contribution in [0.3, 0.4) is 0 Å². The second-order valence-electron chi connectivity index (χ2n) is 4.44. The lowest BCUT2D eigenvalue weighted by atomic mass is 10.1. The number of aliphatic hydroxyl groups is 1. The first-order valence-corrected chi connectivity index (χ1v) is 6.66. The van der Waals surface area contributed by atoms with Gasteiger partial charge in [0.15, 0.2) is 0 Å². The van der Waals surface area contributed by atoms with E-state index in [4.69, 9.17) is 18.9 Å². The smallest absolute Gasteiger partial charge is 0.124 e. The van der Waals surface area contributed by atoms with Gasteiger partial charge in [0.2, 0.25) is 0 Å². The van der Waals surface area contributed by atoms with Crippen LogP contribution in [0.5, 0.6) is 5.75 Å².